The van der Waals surface area contributed by atoms with Gasteiger partial charge >= 0.3 is 0 Å². The molecule has 0 saturated carbocycles. The minimum atomic E-state index is -0.0499. The van der Waals surface area contributed by atoms with E-state index >= 15 is 0 Å². The predicted octanol–water partition coefficient (Wildman–Crippen LogP) is 4.66. The lowest BCUT2D eigenvalue weighted by atomic mass is 9.86. The molecule has 25 heavy (non-hydrogen) atoms. The van der Waals surface area contributed by atoms with Crippen LogP contribution in [0.15, 0.2) is 53.3 Å². The van der Waals surface area contributed by atoms with Crippen LogP contribution in [0.4, 0.5) is 0 Å². The van der Waals surface area contributed by atoms with Crippen LogP contribution in [-0.4, -0.2) is 30.0 Å². The van der Waals surface area contributed by atoms with Gasteiger partial charge in [-0.05, 0) is 50.7 Å². The maximum absolute atomic E-state index is 12.7. The molecule has 0 bridgehead atoms. The molecule has 1 aliphatic rings. The molecule has 3 nitrogen and oxygen atoms in total. The molecule has 3 aromatic rings. The van der Waals surface area contributed by atoms with Gasteiger partial charge in [0.2, 0.25) is 0 Å². The van der Waals surface area contributed by atoms with Crippen molar-refractivity contribution in [2.45, 2.75) is 18.8 Å². The summed E-state index contributed by atoms with van der Waals surface area (Å²) in [4.78, 5) is 18.3. The number of hydrogen-bond donors (Lipinski definition) is 1. The SMILES string of the molecule is CN1CCC(c2[nH]c(=O)c3cccc(Cl)c3c2-c2ccccc2)CC1. The Bertz CT molecular complexity index is 957. The molecule has 1 aromatic heterocycles. The second-order valence-electron chi connectivity index (χ2n) is 6.85. The second kappa shape index (κ2) is 6.66. The largest absolute Gasteiger partial charge is 0.325 e. The Hall–Kier alpha value is -2.10. The molecule has 0 spiro atoms. The molecule has 0 amide bonds. The number of rotatable bonds is 2. The summed E-state index contributed by atoms with van der Waals surface area (Å²) in [6.07, 6.45) is 2.09. The molecule has 2 heterocycles. The third kappa shape index (κ3) is 2.99. The molecule has 1 aliphatic heterocycles. The fourth-order valence-electron chi connectivity index (χ4n) is 3.86. The van der Waals surface area contributed by atoms with Gasteiger partial charge < -0.3 is 9.88 Å². The maximum atomic E-state index is 12.7. The molecular formula is C21H21ClN2O. The number of halogens is 1. The number of nitrogens with zero attached hydrogens (tertiary/aromatic N) is 1. The van der Waals surface area contributed by atoms with Crippen LogP contribution in [0.3, 0.4) is 0 Å². The summed E-state index contributed by atoms with van der Waals surface area (Å²) in [5.41, 5.74) is 3.16. The molecule has 0 unspecified atom stereocenters. The highest BCUT2D eigenvalue weighted by Crippen LogP contribution is 2.39. The summed E-state index contributed by atoms with van der Waals surface area (Å²) in [6, 6.07) is 15.8. The van der Waals surface area contributed by atoms with Crippen LogP contribution in [0.5, 0.6) is 0 Å². The molecule has 4 rings (SSSR count). The summed E-state index contributed by atoms with van der Waals surface area (Å²) in [7, 11) is 2.15. The van der Waals surface area contributed by atoms with E-state index in [-0.39, 0.29) is 5.56 Å². The zero-order valence-electron chi connectivity index (χ0n) is 14.3. The van der Waals surface area contributed by atoms with E-state index in [1.54, 1.807) is 0 Å². The number of piperidine rings is 1. The van der Waals surface area contributed by atoms with Gasteiger partial charge in [-0.25, -0.2) is 0 Å². The van der Waals surface area contributed by atoms with Crippen LogP contribution in [-0.2, 0) is 0 Å². The van der Waals surface area contributed by atoms with Crippen molar-refractivity contribution in [1.82, 2.24) is 9.88 Å². The average molecular weight is 353 g/mol. The van der Waals surface area contributed by atoms with Gasteiger partial charge in [0.15, 0.2) is 0 Å². The third-order valence-electron chi connectivity index (χ3n) is 5.22. The first-order chi connectivity index (χ1) is 12.1. The Morgan fingerprint density at radius 3 is 2.48 bits per heavy atom. The first-order valence-corrected chi connectivity index (χ1v) is 9.11. The van der Waals surface area contributed by atoms with Crippen molar-refractivity contribution in [2.24, 2.45) is 0 Å². The average Bonchev–Trinajstić information content (AvgIpc) is 2.64. The molecule has 1 fully saturated rings. The molecule has 4 heteroatoms. The lowest BCUT2D eigenvalue weighted by Crippen LogP contribution is -2.30. The summed E-state index contributed by atoms with van der Waals surface area (Å²) in [6.45, 7) is 2.09. The van der Waals surface area contributed by atoms with Crippen LogP contribution in [0.1, 0.15) is 24.5 Å². The van der Waals surface area contributed by atoms with Crippen molar-refractivity contribution in [3.63, 3.8) is 0 Å². The van der Waals surface area contributed by atoms with Gasteiger partial charge in [0.05, 0.1) is 0 Å². The summed E-state index contributed by atoms with van der Waals surface area (Å²) in [5, 5.41) is 2.16. The number of fused-ring (bicyclic) bond motifs is 1. The van der Waals surface area contributed by atoms with Crippen molar-refractivity contribution in [2.75, 3.05) is 20.1 Å². The number of H-pyrrole nitrogens is 1. The summed E-state index contributed by atoms with van der Waals surface area (Å²) in [5.74, 6) is 0.347. The number of aromatic amines is 1. The van der Waals surface area contributed by atoms with E-state index in [0.717, 1.165) is 48.1 Å². The Balaban J connectivity index is 2.02. The number of nitrogens with one attached hydrogen (secondary N) is 1. The molecule has 128 valence electrons. The smallest absolute Gasteiger partial charge is 0.256 e. The minimum Gasteiger partial charge on any atom is -0.325 e. The molecular weight excluding hydrogens is 332 g/mol. The normalized spacial score (nSPS) is 16.4. The van der Waals surface area contributed by atoms with Crippen molar-refractivity contribution in [3.8, 4) is 11.1 Å². The lowest BCUT2D eigenvalue weighted by molar-refractivity contribution is 0.253. The van der Waals surface area contributed by atoms with Gasteiger partial charge in [-0.3, -0.25) is 4.79 Å². The van der Waals surface area contributed by atoms with Gasteiger partial charge in [-0.2, -0.15) is 0 Å². The molecule has 0 atom stereocenters. The molecule has 2 aromatic carbocycles. The fourth-order valence-corrected chi connectivity index (χ4v) is 4.13. The first kappa shape index (κ1) is 16.4. The molecule has 1 saturated heterocycles. The van der Waals surface area contributed by atoms with Crippen LogP contribution in [0.2, 0.25) is 5.02 Å². The van der Waals surface area contributed by atoms with Gasteiger partial charge in [-0.15, -0.1) is 0 Å². The highest BCUT2D eigenvalue weighted by atomic mass is 35.5. The third-order valence-corrected chi connectivity index (χ3v) is 5.53. The molecule has 0 aliphatic carbocycles. The number of likely N-dealkylation sites (tertiary alicyclic amines) is 1. The van der Waals surface area contributed by atoms with E-state index in [0.29, 0.717) is 16.3 Å². The van der Waals surface area contributed by atoms with E-state index in [1.807, 2.05) is 36.4 Å². The molecule has 1 N–H and O–H groups in total. The van der Waals surface area contributed by atoms with Crippen LogP contribution in [0.25, 0.3) is 21.9 Å². The van der Waals surface area contributed by atoms with Gasteiger partial charge in [0.25, 0.3) is 5.56 Å². The molecule has 0 radical (unpaired) electrons. The zero-order valence-corrected chi connectivity index (χ0v) is 15.0. The van der Waals surface area contributed by atoms with Crippen LogP contribution in [0, 0.1) is 0 Å². The summed E-state index contributed by atoms with van der Waals surface area (Å²) >= 11 is 6.56. The van der Waals surface area contributed by atoms with Crippen molar-refractivity contribution >= 4 is 22.4 Å². The standard InChI is InChI=1S/C21H21ClN2O/c1-24-12-10-15(11-13-24)20-18(14-6-3-2-4-7-14)19-16(21(25)23-20)8-5-9-17(19)22/h2-9,15H,10-13H2,1H3,(H,23,25). The quantitative estimate of drug-likeness (QED) is 0.728. The monoisotopic (exact) mass is 352 g/mol. The maximum Gasteiger partial charge on any atom is 0.256 e. The van der Waals surface area contributed by atoms with E-state index < -0.39 is 0 Å². The minimum absolute atomic E-state index is 0.0499. The summed E-state index contributed by atoms with van der Waals surface area (Å²) < 4.78 is 0. The van der Waals surface area contributed by atoms with Crippen LogP contribution >= 0.6 is 11.6 Å². The first-order valence-electron chi connectivity index (χ1n) is 8.73. The van der Waals surface area contributed by atoms with Crippen molar-refractivity contribution in [1.29, 1.82) is 0 Å². The van der Waals surface area contributed by atoms with E-state index in [2.05, 4.69) is 29.1 Å². The highest BCUT2D eigenvalue weighted by molar-refractivity contribution is 6.36. The van der Waals surface area contributed by atoms with Gasteiger partial charge in [-0.1, -0.05) is 48.0 Å². The number of benzene rings is 2. The van der Waals surface area contributed by atoms with Crippen molar-refractivity contribution < 1.29 is 0 Å². The van der Waals surface area contributed by atoms with Crippen LogP contribution < -0.4 is 5.56 Å². The van der Waals surface area contributed by atoms with E-state index in [4.69, 9.17) is 11.6 Å². The Morgan fingerprint density at radius 2 is 1.76 bits per heavy atom. The highest BCUT2D eigenvalue weighted by Gasteiger charge is 2.25. The Labute approximate surface area is 152 Å². The predicted molar refractivity (Wildman–Crippen MR) is 104 cm³/mol. The van der Waals surface area contributed by atoms with Gasteiger partial charge in [0, 0.05) is 33.0 Å². The number of aromatic nitrogens is 1. The fraction of sp³-hybridized carbons (Fsp3) is 0.286. The number of pyridine rings is 1. The Kier molecular flexibility index (Phi) is 4.36. The van der Waals surface area contributed by atoms with Crippen molar-refractivity contribution in [3.05, 3.63) is 69.6 Å². The second-order valence-corrected chi connectivity index (χ2v) is 7.26. The van der Waals surface area contributed by atoms with Gasteiger partial charge in [0.1, 0.15) is 0 Å². The Morgan fingerprint density at radius 1 is 1.04 bits per heavy atom. The lowest BCUT2D eigenvalue weighted by Gasteiger charge is -2.30. The van der Waals surface area contributed by atoms with E-state index in [9.17, 15) is 4.79 Å². The topological polar surface area (TPSA) is 36.1 Å². The number of hydrogen-bond acceptors (Lipinski definition) is 2. The zero-order chi connectivity index (χ0) is 17.4. The van der Waals surface area contributed by atoms with E-state index in [1.165, 1.54) is 0 Å².